The highest BCUT2D eigenvalue weighted by atomic mass is 79.9. The summed E-state index contributed by atoms with van der Waals surface area (Å²) in [5, 5.41) is 18.9. The summed E-state index contributed by atoms with van der Waals surface area (Å²) in [5.74, 6) is -0.332. The van der Waals surface area contributed by atoms with E-state index in [4.69, 9.17) is 10.00 Å². The molecular weight excluding hydrogens is 861 g/mol. The maximum Gasteiger partial charge on any atom is 0.192 e. The molecule has 8 aromatic rings. The molecule has 57 heavy (non-hydrogen) atoms. The summed E-state index contributed by atoms with van der Waals surface area (Å²) in [5.41, 5.74) is 5.19. The first-order valence-corrected chi connectivity index (χ1v) is 18.5. The molecule has 0 amide bonds. The summed E-state index contributed by atoms with van der Waals surface area (Å²) in [7, 11) is 0. The van der Waals surface area contributed by atoms with Crippen molar-refractivity contribution in [1.82, 2.24) is 19.9 Å². The van der Waals surface area contributed by atoms with Gasteiger partial charge in [0.1, 0.15) is 41.1 Å². The maximum absolute atomic E-state index is 13.9. The monoisotopic (exact) mass is 886 g/mol. The predicted molar refractivity (Wildman–Crippen MR) is 220 cm³/mol. The zero-order valence-corrected chi connectivity index (χ0v) is 33.2. The number of nitrogens with zero attached hydrogens (tertiary/aromatic N) is 5. The van der Waals surface area contributed by atoms with E-state index in [9.17, 15) is 23.2 Å². The van der Waals surface area contributed by atoms with Crippen molar-refractivity contribution in [2.75, 3.05) is 0 Å². The summed E-state index contributed by atoms with van der Waals surface area (Å²) < 4.78 is 47.3. The molecule has 4 heterocycles. The Labute approximate surface area is 341 Å². The molecule has 0 spiro atoms. The van der Waals surface area contributed by atoms with Gasteiger partial charge in [-0.2, -0.15) is 10.5 Å². The first-order valence-electron chi connectivity index (χ1n) is 16.9. The minimum Gasteiger partial charge on any atom is -0.455 e. The summed E-state index contributed by atoms with van der Waals surface area (Å²) in [4.78, 5) is 28.5. The molecule has 8 rings (SSSR count). The van der Waals surface area contributed by atoms with Crippen molar-refractivity contribution < 1.29 is 17.9 Å². The molecule has 8 nitrogen and oxygen atoms in total. The van der Waals surface area contributed by atoms with Crippen molar-refractivity contribution >= 4 is 53.7 Å². The summed E-state index contributed by atoms with van der Waals surface area (Å²) >= 11 is 6.48. The molecular formula is C44H27Br2F3N6O2. The van der Waals surface area contributed by atoms with E-state index in [0.717, 1.165) is 10.0 Å². The van der Waals surface area contributed by atoms with Gasteiger partial charge in [0.05, 0.1) is 44.9 Å². The Morgan fingerprint density at radius 1 is 0.684 bits per heavy atom. The normalized spacial score (nSPS) is 10.4. The van der Waals surface area contributed by atoms with Gasteiger partial charge >= 0.3 is 0 Å². The minimum atomic E-state index is -0.489. The van der Waals surface area contributed by atoms with Gasteiger partial charge in [0.25, 0.3) is 0 Å². The maximum atomic E-state index is 13.9. The summed E-state index contributed by atoms with van der Waals surface area (Å²) in [6.07, 6.45) is 3.33. The molecule has 0 fully saturated rings. The van der Waals surface area contributed by atoms with Crippen LogP contribution in [0.15, 0.2) is 135 Å². The average Bonchev–Trinajstić information content (AvgIpc) is 3.21. The second-order valence-electron chi connectivity index (χ2n) is 12.2. The molecule has 0 saturated heterocycles. The number of nitriles is 2. The number of hydrogen-bond donors (Lipinski definition) is 1. The van der Waals surface area contributed by atoms with Gasteiger partial charge in [-0.05, 0) is 105 Å². The molecule has 4 aromatic heterocycles. The lowest BCUT2D eigenvalue weighted by Crippen LogP contribution is -2.10. The van der Waals surface area contributed by atoms with Crippen molar-refractivity contribution in [3.05, 3.63) is 180 Å². The Hall–Kier alpha value is -6.67. The molecule has 280 valence electrons. The van der Waals surface area contributed by atoms with Gasteiger partial charge in [0.2, 0.25) is 0 Å². The molecule has 0 aliphatic rings. The number of halogens is 5. The summed E-state index contributed by atoms with van der Waals surface area (Å²) in [6, 6.07) is 32.8. The SMILES string of the molecule is Cc1c(-c2ccccn2)[nH]c2cc(F)ccc2c1=O.Cc1c(-c2ccccn2)nc2cc(F)ccc2c1Oc1cc(Br)ccc1C#N.N#Cc1ccc(Br)cc1F. The van der Waals surface area contributed by atoms with Crippen molar-refractivity contribution in [1.29, 1.82) is 10.5 Å². The van der Waals surface area contributed by atoms with Crippen LogP contribution in [0, 0.1) is 54.0 Å². The zero-order valence-electron chi connectivity index (χ0n) is 30.0. The molecule has 0 aliphatic heterocycles. The van der Waals surface area contributed by atoms with Gasteiger partial charge in [-0.1, -0.05) is 44.0 Å². The Morgan fingerprint density at radius 3 is 1.93 bits per heavy atom. The number of H-pyrrole nitrogens is 1. The van der Waals surface area contributed by atoms with E-state index in [1.807, 2.05) is 37.3 Å². The van der Waals surface area contributed by atoms with Gasteiger partial charge in [-0.3, -0.25) is 14.8 Å². The third kappa shape index (κ3) is 9.24. The largest absolute Gasteiger partial charge is 0.455 e. The number of ether oxygens (including phenoxy) is 1. The minimum absolute atomic E-state index is 0.0724. The van der Waals surface area contributed by atoms with Crippen LogP contribution in [0.25, 0.3) is 44.6 Å². The zero-order chi connectivity index (χ0) is 40.6. The average molecular weight is 889 g/mol. The molecule has 1 N–H and O–H groups in total. The third-order valence-electron chi connectivity index (χ3n) is 8.49. The van der Waals surface area contributed by atoms with Crippen molar-refractivity contribution in [3.8, 4) is 46.4 Å². The lowest BCUT2D eigenvalue weighted by molar-refractivity contribution is 0.482. The van der Waals surface area contributed by atoms with E-state index >= 15 is 0 Å². The van der Waals surface area contributed by atoms with Crippen LogP contribution in [0.3, 0.4) is 0 Å². The fraction of sp³-hybridized carbons (Fsp3) is 0.0455. The molecule has 13 heteroatoms. The predicted octanol–water partition coefficient (Wildman–Crippen LogP) is 11.7. The fourth-order valence-corrected chi connectivity index (χ4v) is 6.35. The number of fused-ring (bicyclic) bond motifs is 2. The van der Waals surface area contributed by atoms with Crippen LogP contribution < -0.4 is 10.2 Å². The van der Waals surface area contributed by atoms with Crippen LogP contribution in [0.2, 0.25) is 0 Å². The highest BCUT2D eigenvalue weighted by Gasteiger charge is 2.18. The van der Waals surface area contributed by atoms with Gasteiger partial charge in [-0.15, -0.1) is 0 Å². The number of nitrogens with one attached hydrogen (secondary N) is 1. The van der Waals surface area contributed by atoms with Gasteiger partial charge < -0.3 is 9.72 Å². The van der Waals surface area contributed by atoms with E-state index < -0.39 is 5.82 Å². The lowest BCUT2D eigenvalue weighted by Gasteiger charge is -2.16. The van der Waals surface area contributed by atoms with Crippen LogP contribution in [-0.4, -0.2) is 19.9 Å². The van der Waals surface area contributed by atoms with Gasteiger partial charge in [0, 0.05) is 49.3 Å². The first kappa shape index (κ1) is 40.0. The van der Waals surface area contributed by atoms with E-state index in [-0.39, 0.29) is 22.6 Å². The molecule has 0 saturated carbocycles. The molecule has 0 unspecified atom stereocenters. The van der Waals surface area contributed by atoms with Crippen LogP contribution in [0.5, 0.6) is 11.5 Å². The van der Waals surface area contributed by atoms with E-state index in [1.165, 1.54) is 42.5 Å². The van der Waals surface area contributed by atoms with Crippen LogP contribution >= 0.6 is 31.9 Å². The van der Waals surface area contributed by atoms with Crippen molar-refractivity contribution in [2.45, 2.75) is 13.8 Å². The molecule has 0 atom stereocenters. The number of hydrogen-bond acceptors (Lipinski definition) is 7. The topological polar surface area (TPSA) is 128 Å². The van der Waals surface area contributed by atoms with E-state index in [1.54, 1.807) is 61.8 Å². The lowest BCUT2D eigenvalue weighted by atomic mass is 10.1. The number of aromatic amines is 1. The van der Waals surface area contributed by atoms with E-state index in [0.29, 0.717) is 71.7 Å². The van der Waals surface area contributed by atoms with Gasteiger partial charge in [0.15, 0.2) is 5.43 Å². The number of aromatic nitrogens is 4. The molecule has 0 radical (unpaired) electrons. The smallest absolute Gasteiger partial charge is 0.192 e. The number of rotatable bonds is 4. The Morgan fingerprint density at radius 2 is 1.30 bits per heavy atom. The first-order chi connectivity index (χ1) is 27.5. The van der Waals surface area contributed by atoms with Gasteiger partial charge in [-0.25, -0.2) is 18.2 Å². The molecule has 0 aliphatic carbocycles. The third-order valence-corrected chi connectivity index (χ3v) is 9.48. The van der Waals surface area contributed by atoms with E-state index in [2.05, 4.69) is 57.9 Å². The number of benzene rings is 4. The Kier molecular flexibility index (Phi) is 12.5. The van der Waals surface area contributed by atoms with Crippen molar-refractivity contribution in [2.24, 2.45) is 0 Å². The quantitative estimate of drug-likeness (QED) is 0.186. The second-order valence-corrected chi connectivity index (χ2v) is 14.1. The standard InChI is InChI=1S/C22H13BrFN3O.C15H11FN2O.C7H3BrFN/c1-13-21(18-4-2-3-9-26-18)27-19-11-16(24)7-8-17(19)22(13)28-20-10-15(23)6-5-14(20)12-25;1-9-14(12-4-2-3-7-17-12)18-13-8-10(16)5-6-11(13)15(9)19;8-6-2-1-5(4-10)7(9)3-6/h2-11H,1H3;2-8H,1H3,(H,18,19);1-3H. The highest BCUT2D eigenvalue weighted by molar-refractivity contribution is 9.10. The molecule has 4 aromatic carbocycles. The van der Waals surface area contributed by atoms with Crippen LogP contribution in [0.4, 0.5) is 13.2 Å². The fourth-order valence-electron chi connectivity index (χ4n) is 5.68. The summed E-state index contributed by atoms with van der Waals surface area (Å²) in [6.45, 7) is 3.62. The van der Waals surface area contributed by atoms with Crippen LogP contribution in [-0.2, 0) is 0 Å². The van der Waals surface area contributed by atoms with Crippen molar-refractivity contribution in [3.63, 3.8) is 0 Å². The highest BCUT2D eigenvalue weighted by Crippen LogP contribution is 2.39. The Balaban J connectivity index is 0.000000162. The Bertz CT molecular complexity index is 2920. The van der Waals surface area contributed by atoms with Crippen LogP contribution in [0.1, 0.15) is 22.3 Å². The second kappa shape index (κ2) is 17.9. The number of pyridine rings is 4. The molecule has 0 bridgehead atoms.